The van der Waals surface area contributed by atoms with Gasteiger partial charge in [-0.25, -0.2) is 0 Å². The molecule has 0 bridgehead atoms. The first-order valence-corrected chi connectivity index (χ1v) is 9.69. The van der Waals surface area contributed by atoms with Crippen LogP contribution >= 0.6 is 0 Å². The molecule has 4 heteroatoms. The first kappa shape index (κ1) is 22.4. The maximum absolute atomic E-state index is 11.2. The van der Waals surface area contributed by atoms with Crippen molar-refractivity contribution >= 4 is 5.97 Å². The van der Waals surface area contributed by atoms with Crippen molar-refractivity contribution in [3.05, 3.63) is 0 Å². The minimum absolute atomic E-state index is 0.328. The fraction of sp³-hybridized carbons (Fsp3) is 0.947. The summed E-state index contributed by atoms with van der Waals surface area (Å²) in [6, 6.07) is 0. The molecule has 0 aromatic carbocycles. The molecule has 0 aliphatic rings. The Balaban J connectivity index is 3.12. The van der Waals surface area contributed by atoms with E-state index in [0.29, 0.717) is 6.42 Å². The molecular formula is C19H38O4. The zero-order valence-electron chi connectivity index (χ0n) is 15.1. The van der Waals surface area contributed by atoms with Crippen LogP contribution in [0.25, 0.3) is 0 Å². The first-order valence-electron chi connectivity index (χ1n) is 9.69. The van der Waals surface area contributed by atoms with E-state index in [1.807, 2.05) is 0 Å². The predicted molar refractivity (Wildman–Crippen MR) is 94.1 cm³/mol. The topological polar surface area (TPSA) is 66.8 Å². The van der Waals surface area contributed by atoms with E-state index in [4.69, 9.17) is 10.2 Å². The van der Waals surface area contributed by atoms with Gasteiger partial charge in [-0.2, -0.15) is 0 Å². The average Bonchev–Trinajstić information content (AvgIpc) is 2.55. The lowest BCUT2D eigenvalue weighted by atomic mass is 10.0. The zero-order valence-corrected chi connectivity index (χ0v) is 15.1. The molecule has 1 unspecified atom stereocenters. The number of carbonyl (C=O) groups is 1. The molecule has 138 valence electrons. The molecule has 0 saturated carbocycles. The summed E-state index contributed by atoms with van der Waals surface area (Å²) < 4.78 is 4.58. The van der Waals surface area contributed by atoms with Crippen LogP contribution in [0.15, 0.2) is 0 Å². The minimum Gasteiger partial charge on any atom is -0.433 e. The molecule has 0 rings (SSSR count). The minimum atomic E-state index is -1.37. The molecule has 0 saturated heterocycles. The Morgan fingerprint density at radius 1 is 0.783 bits per heavy atom. The highest BCUT2D eigenvalue weighted by atomic mass is 16.6. The molecule has 1 atom stereocenters. The third-order valence-electron chi connectivity index (χ3n) is 4.16. The monoisotopic (exact) mass is 330 g/mol. The Morgan fingerprint density at radius 3 is 1.57 bits per heavy atom. The average molecular weight is 331 g/mol. The van der Waals surface area contributed by atoms with Gasteiger partial charge in [0.2, 0.25) is 6.29 Å². The summed E-state index contributed by atoms with van der Waals surface area (Å²) in [6.07, 6.45) is 16.9. The summed E-state index contributed by atoms with van der Waals surface area (Å²) in [5.41, 5.74) is 0. The number of hydrogen-bond acceptors (Lipinski definition) is 4. The second kappa shape index (κ2) is 17.7. The molecule has 0 aromatic rings. The van der Waals surface area contributed by atoms with Gasteiger partial charge in [-0.3, -0.25) is 4.79 Å². The Labute approximate surface area is 142 Å². The van der Waals surface area contributed by atoms with E-state index in [-0.39, 0.29) is 0 Å². The van der Waals surface area contributed by atoms with Gasteiger partial charge in [0, 0.05) is 6.42 Å². The van der Waals surface area contributed by atoms with Crippen LogP contribution in [0.2, 0.25) is 0 Å². The molecule has 0 amide bonds. The van der Waals surface area contributed by atoms with Gasteiger partial charge in [0.05, 0.1) is 0 Å². The normalized spacial score (nSPS) is 12.3. The molecule has 0 aliphatic heterocycles. The van der Waals surface area contributed by atoms with Crippen LogP contribution in [0.1, 0.15) is 103 Å². The molecule has 23 heavy (non-hydrogen) atoms. The van der Waals surface area contributed by atoms with Crippen molar-refractivity contribution in [1.82, 2.24) is 0 Å². The van der Waals surface area contributed by atoms with Crippen molar-refractivity contribution in [2.45, 2.75) is 110 Å². The van der Waals surface area contributed by atoms with Crippen molar-refractivity contribution in [3.8, 4) is 0 Å². The van der Waals surface area contributed by atoms with Crippen molar-refractivity contribution < 1.29 is 19.7 Å². The summed E-state index contributed by atoms with van der Waals surface area (Å²) in [5.74, 6) is -0.425. The van der Waals surface area contributed by atoms with Crippen LogP contribution < -0.4 is 0 Å². The van der Waals surface area contributed by atoms with Crippen molar-refractivity contribution in [1.29, 1.82) is 0 Å². The van der Waals surface area contributed by atoms with E-state index in [1.165, 1.54) is 70.6 Å². The standard InChI is InChI=1S/C19H38O4/c1-2-3-4-5-6-7-8-9-10-11-12-13-14-15-16-18(21)23-19(22)17-20/h19-20,22H,2-17H2,1H3. The lowest BCUT2D eigenvalue weighted by Gasteiger charge is -2.08. The van der Waals surface area contributed by atoms with E-state index in [1.54, 1.807) is 0 Å². The first-order chi connectivity index (χ1) is 11.2. The summed E-state index contributed by atoms with van der Waals surface area (Å²) in [7, 11) is 0. The summed E-state index contributed by atoms with van der Waals surface area (Å²) in [6.45, 7) is 1.72. The predicted octanol–water partition coefficient (Wildman–Crippen LogP) is 4.71. The molecule has 0 heterocycles. The summed E-state index contributed by atoms with van der Waals surface area (Å²) in [5, 5.41) is 17.5. The van der Waals surface area contributed by atoms with Gasteiger partial charge in [0.15, 0.2) is 0 Å². The van der Waals surface area contributed by atoms with Gasteiger partial charge < -0.3 is 14.9 Å². The third-order valence-corrected chi connectivity index (χ3v) is 4.16. The highest BCUT2D eigenvalue weighted by Crippen LogP contribution is 2.13. The number of esters is 1. The fourth-order valence-electron chi connectivity index (χ4n) is 2.71. The Hall–Kier alpha value is -0.610. The highest BCUT2D eigenvalue weighted by molar-refractivity contribution is 5.69. The van der Waals surface area contributed by atoms with E-state index in [9.17, 15) is 4.79 Å². The van der Waals surface area contributed by atoms with Gasteiger partial charge >= 0.3 is 5.97 Å². The van der Waals surface area contributed by atoms with Crippen LogP contribution in [0.3, 0.4) is 0 Å². The molecule has 0 fully saturated rings. The summed E-state index contributed by atoms with van der Waals surface area (Å²) in [4.78, 5) is 11.2. The SMILES string of the molecule is CCCCCCCCCCCCCCCCC(=O)OC(O)CO. The zero-order chi connectivity index (χ0) is 17.2. The van der Waals surface area contributed by atoms with E-state index < -0.39 is 18.9 Å². The number of ether oxygens (including phenoxy) is 1. The molecule has 4 nitrogen and oxygen atoms in total. The molecule has 2 N–H and O–H groups in total. The number of rotatable bonds is 17. The maximum Gasteiger partial charge on any atom is 0.308 e. The Morgan fingerprint density at radius 2 is 1.17 bits per heavy atom. The van der Waals surface area contributed by atoms with Gasteiger partial charge in [-0.05, 0) is 6.42 Å². The van der Waals surface area contributed by atoms with Crippen molar-refractivity contribution in [2.75, 3.05) is 6.61 Å². The van der Waals surface area contributed by atoms with Crippen molar-refractivity contribution in [3.63, 3.8) is 0 Å². The van der Waals surface area contributed by atoms with Crippen LogP contribution in [-0.2, 0) is 9.53 Å². The number of aliphatic hydroxyl groups excluding tert-OH is 2. The maximum atomic E-state index is 11.2. The van der Waals surface area contributed by atoms with Gasteiger partial charge in [0.1, 0.15) is 6.61 Å². The lowest BCUT2D eigenvalue weighted by Crippen LogP contribution is -2.20. The van der Waals surface area contributed by atoms with Gasteiger partial charge in [-0.1, -0.05) is 90.4 Å². The molecule has 0 spiro atoms. The second-order valence-electron chi connectivity index (χ2n) is 6.47. The van der Waals surface area contributed by atoms with E-state index >= 15 is 0 Å². The Kier molecular flexibility index (Phi) is 17.3. The molecule has 0 aliphatic carbocycles. The quantitative estimate of drug-likeness (QED) is 0.230. The van der Waals surface area contributed by atoms with E-state index in [0.717, 1.165) is 19.3 Å². The molecular weight excluding hydrogens is 292 g/mol. The van der Waals surface area contributed by atoms with Gasteiger partial charge in [0.25, 0.3) is 0 Å². The smallest absolute Gasteiger partial charge is 0.308 e. The third kappa shape index (κ3) is 17.6. The largest absolute Gasteiger partial charge is 0.433 e. The molecule has 0 radical (unpaired) electrons. The van der Waals surface area contributed by atoms with Crippen LogP contribution in [0.4, 0.5) is 0 Å². The molecule has 0 aromatic heterocycles. The number of aliphatic hydroxyl groups is 2. The number of hydrogen-bond donors (Lipinski definition) is 2. The number of carbonyl (C=O) groups excluding carboxylic acids is 1. The lowest BCUT2D eigenvalue weighted by molar-refractivity contribution is -0.173. The van der Waals surface area contributed by atoms with Crippen LogP contribution in [-0.4, -0.2) is 29.1 Å². The van der Waals surface area contributed by atoms with Crippen molar-refractivity contribution in [2.24, 2.45) is 0 Å². The second-order valence-corrected chi connectivity index (χ2v) is 6.47. The van der Waals surface area contributed by atoms with Gasteiger partial charge in [-0.15, -0.1) is 0 Å². The summed E-state index contributed by atoms with van der Waals surface area (Å²) >= 11 is 0. The fourth-order valence-corrected chi connectivity index (χ4v) is 2.71. The van der Waals surface area contributed by atoms with Crippen LogP contribution in [0.5, 0.6) is 0 Å². The van der Waals surface area contributed by atoms with Crippen LogP contribution in [0, 0.1) is 0 Å². The number of unbranched alkanes of at least 4 members (excludes halogenated alkanes) is 13. The highest BCUT2D eigenvalue weighted by Gasteiger charge is 2.08. The Bertz CT molecular complexity index is 256. The van der Waals surface area contributed by atoms with E-state index in [2.05, 4.69) is 11.7 Å².